The van der Waals surface area contributed by atoms with Gasteiger partial charge in [0, 0.05) is 20.6 Å². The van der Waals surface area contributed by atoms with Crippen molar-refractivity contribution in [2.24, 2.45) is 14.1 Å². The molecule has 2 heterocycles. The van der Waals surface area contributed by atoms with Crippen molar-refractivity contribution in [3.05, 3.63) is 25.6 Å². The predicted octanol–water partition coefficient (Wildman–Crippen LogP) is -1.96. The number of hydrogen-bond acceptors (Lipinski definition) is 7. The molecule has 116 valence electrons. The van der Waals surface area contributed by atoms with Crippen LogP contribution in [0.5, 0.6) is 0 Å². The zero-order chi connectivity index (χ0) is 15.9. The molecule has 0 aliphatic rings. The number of aryl methyl sites for hydroxylation is 1. The molecule has 0 saturated carbocycles. The quantitative estimate of drug-likeness (QED) is 0.443. The minimum Gasteiger partial charge on any atom is -0.790 e. The van der Waals surface area contributed by atoms with Crippen LogP contribution in [-0.4, -0.2) is 25.3 Å². The molecule has 0 atom stereocenters. The summed E-state index contributed by atoms with van der Waals surface area (Å²) in [7, 11) is -2.32. The van der Waals surface area contributed by atoms with Gasteiger partial charge in [-0.25, -0.2) is 9.78 Å². The van der Waals surface area contributed by atoms with Crippen LogP contribution in [0.15, 0.2) is 14.3 Å². The molecule has 0 bridgehead atoms. The highest BCUT2D eigenvalue weighted by Crippen LogP contribution is 2.24. The largest absolute Gasteiger partial charge is 0.790 e. The van der Waals surface area contributed by atoms with Gasteiger partial charge in [0.15, 0.2) is 15.9 Å². The number of phosphoric ester groups is 1. The minimum absolute atomic E-state index is 0.0982. The Kier molecular flexibility index (Phi) is 4.22. The standard InChI is InChI=1S/C9H12BrN4O6P/c1-12-6-5(7(15)13(2)9(12)16)14(8(10)11-6)3-4-20-21(17,18)19/h3-4H2,1-2H3,(H2,17,18,19)/p-2. The van der Waals surface area contributed by atoms with Crippen molar-refractivity contribution in [1.29, 1.82) is 0 Å². The Morgan fingerprint density at radius 2 is 1.90 bits per heavy atom. The third-order valence-electron chi connectivity index (χ3n) is 2.87. The van der Waals surface area contributed by atoms with Crippen LogP contribution in [0.1, 0.15) is 0 Å². The Bertz CT molecular complexity index is 862. The van der Waals surface area contributed by atoms with E-state index in [9.17, 15) is 23.9 Å². The van der Waals surface area contributed by atoms with E-state index in [1.165, 1.54) is 23.2 Å². The molecule has 0 radical (unpaired) electrons. The Morgan fingerprint density at radius 3 is 2.48 bits per heavy atom. The van der Waals surface area contributed by atoms with E-state index in [1.807, 2.05) is 0 Å². The fourth-order valence-corrected chi connectivity index (χ4v) is 2.70. The van der Waals surface area contributed by atoms with E-state index in [2.05, 4.69) is 25.4 Å². The van der Waals surface area contributed by atoms with Crippen LogP contribution >= 0.6 is 23.8 Å². The van der Waals surface area contributed by atoms with Gasteiger partial charge in [-0.1, -0.05) is 0 Å². The lowest BCUT2D eigenvalue weighted by Crippen LogP contribution is -2.37. The topological polar surface area (TPSA) is 134 Å². The summed E-state index contributed by atoms with van der Waals surface area (Å²) < 4.78 is 18.2. The molecule has 21 heavy (non-hydrogen) atoms. The first-order chi connectivity index (χ1) is 9.63. The number of hydrogen-bond donors (Lipinski definition) is 0. The zero-order valence-corrected chi connectivity index (χ0v) is 13.5. The molecule has 0 amide bonds. The summed E-state index contributed by atoms with van der Waals surface area (Å²) in [5, 5.41) is 0. The summed E-state index contributed by atoms with van der Waals surface area (Å²) in [5.74, 6) is 0. The lowest BCUT2D eigenvalue weighted by atomic mass is 10.5. The summed E-state index contributed by atoms with van der Waals surface area (Å²) in [6.07, 6.45) is 0. The normalized spacial score (nSPS) is 12.2. The molecule has 12 heteroatoms. The van der Waals surface area contributed by atoms with Crippen molar-refractivity contribution < 1.29 is 18.9 Å². The molecule has 2 aromatic heterocycles. The summed E-state index contributed by atoms with van der Waals surface area (Å²) in [4.78, 5) is 48.8. The Labute approximate surface area is 126 Å². The van der Waals surface area contributed by atoms with Gasteiger partial charge in [0.1, 0.15) is 0 Å². The zero-order valence-electron chi connectivity index (χ0n) is 11.0. The maximum Gasteiger partial charge on any atom is 0.332 e. The molecule has 0 aliphatic carbocycles. The fraction of sp³-hybridized carbons (Fsp3) is 0.444. The highest BCUT2D eigenvalue weighted by atomic mass is 79.9. The highest BCUT2D eigenvalue weighted by Gasteiger charge is 2.17. The molecule has 2 rings (SSSR count). The van der Waals surface area contributed by atoms with Crippen molar-refractivity contribution in [3.63, 3.8) is 0 Å². The number of rotatable bonds is 4. The van der Waals surface area contributed by atoms with Gasteiger partial charge in [0.05, 0.1) is 14.4 Å². The summed E-state index contributed by atoms with van der Waals surface area (Å²) in [6.45, 7) is -0.542. The van der Waals surface area contributed by atoms with E-state index in [-0.39, 0.29) is 22.4 Å². The van der Waals surface area contributed by atoms with Crippen LogP contribution in [-0.2, 0) is 29.7 Å². The van der Waals surface area contributed by atoms with Gasteiger partial charge in [-0.15, -0.1) is 0 Å². The maximum absolute atomic E-state index is 12.1. The van der Waals surface area contributed by atoms with Crippen molar-refractivity contribution in [1.82, 2.24) is 18.7 Å². The average Bonchev–Trinajstić information content (AvgIpc) is 2.70. The molecule has 0 aromatic carbocycles. The van der Waals surface area contributed by atoms with E-state index in [0.717, 1.165) is 4.57 Å². The summed E-state index contributed by atoms with van der Waals surface area (Å²) >= 11 is 3.12. The molecular formula is C9H10BrN4O6P-2. The molecule has 10 nitrogen and oxygen atoms in total. The van der Waals surface area contributed by atoms with Crippen molar-refractivity contribution >= 4 is 34.9 Å². The number of nitrogens with zero attached hydrogens (tertiary/aromatic N) is 4. The first-order valence-electron chi connectivity index (χ1n) is 5.62. The number of fused-ring (bicyclic) bond motifs is 1. The van der Waals surface area contributed by atoms with Crippen molar-refractivity contribution in [2.75, 3.05) is 6.61 Å². The second kappa shape index (κ2) is 5.50. The smallest absolute Gasteiger partial charge is 0.332 e. The Hall–Kier alpha value is -1.26. The van der Waals surface area contributed by atoms with Gasteiger partial charge >= 0.3 is 5.69 Å². The monoisotopic (exact) mass is 380 g/mol. The average molecular weight is 381 g/mol. The third-order valence-corrected chi connectivity index (χ3v) is 3.97. The number of halogens is 1. The van der Waals surface area contributed by atoms with E-state index in [4.69, 9.17) is 0 Å². The summed E-state index contributed by atoms with van der Waals surface area (Å²) in [6, 6.07) is 0. The van der Waals surface area contributed by atoms with Crippen LogP contribution in [0.25, 0.3) is 11.2 Å². The van der Waals surface area contributed by atoms with Gasteiger partial charge in [0.2, 0.25) is 0 Å². The first-order valence-corrected chi connectivity index (χ1v) is 7.87. The van der Waals surface area contributed by atoms with Crippen LogP contribution in [0.4, 0.5) is 0 Å². The predicted molar refractivity (Wildman–Crippen MR) is 71.5 cm³/mol. The van der Waals surface area contributed by atoms with Gasteiger partial charge in [-0.2, -0.15) is 0 Å². The molecule has 0 spiro atoms. The highest BCUT2D eigenvalue weighted by molar-refractivity contribution is 9.10. The van der Waals surface area contributed by atoms with Crippen LogP contribution in [0.3, 0.4) is 0 Å². The first kappa shape index (κ1) is 16.1. The van der Waals surface area contributed by atoms with Crippen LogP contribution in [0.2, 0.25) is 0 Å². The molecular weight excluding hydrogens is 371 g/mol. The Morgan fingerprint density at radius 1 is 1.29 bits per heavy atom. The number of imidazole rings is 1. The van der Waals surface area contributed by atoms with Crippen molar-refractivity contribution in [3.8, 4) is 0 Å². The second-order valence-electron chi connectivity index (χ2n) is 4.19. The van der Waals surface area contributed by atoms with Crippen molar-refractivity contribution in [2.45, 2.75) is 6.54 Å². The van der Waals surface area contributed by atoms with Gasteiger partial charge in [-0.05, 0) is 15.9 Å². The molecule has 0 N–H and O–H groups in total. The molecule has 0 unspecified atom stereocenters. The van der Waals surface area contributed by atoms with E-state index >= 15 is 0 Å². The number of phosphoric acid groups is 1. The summed E-state index contributed by atoms with van der Waals surface area (Å²) in [5.41, 5.74) is -0.882. The lowest BCUT2D eigenvalue weighted by Gasteiger charge is -2.28. The van der Waals surface area contributed by atoms with Gasteiger partial charge in [-0.3, -0.25) is 13.9 Å². The Balaban J connectivity index is 2.55. The van der Waals surface area contributed by atoms with Gasteiger partial charge < -0.3 is 23.4 Å². The van der Waals surface area contributed by atoms with Crippen LogP contribution < -0.4 is 21.0 Å². The molecule has 0 aliphatic heterocycles. The number of aromatic nitrogens is 4. The van der Waals surface area contributed by atoms with E-state index < -0.39 is 25.7 Å². The lowest BCUT2D eigenvalue weighted by molar-refractivity contribution is -0.341. The van der Waals surface area contributed by atoms with E-state index in [0.29, 0.717) is 0 Å². The molecule has 0 saturated heterocycles. The third kappa shape index (κ3) is 3.01. The molecule has 0 fully saturated rings. The molecule has 2 aromatic rings. The SMILES string of the molecule is Cn1c(=O)c2c(nc(Br)n2CCOP(=O)([O-])[O-])n(C)c1=O. The van der Waals surface area contributed by atoms with Crippen LogP contribution in [0, 0.1) is 0 Å². The fourth-order valence-electron chi connectivity index (χ4n) is 1.87. The van der Waals surface area contributed by atoms with E-state index in [1.54, 1.807) is 0 Å². The van der Waals surface area contributed by atoms with Gasteiger partial charge in [0.25, 0.3) is 5.56 Å². The minimum atomic E-state index is -5.09. The second-order valence-corrected chi connectivity index (χ2v) is 6.05. The maximum atomic E-state index is 12.1.